The van der Waals surface area contributed by atoms with E-state index in [4.69, 9.17) is 5.26 Å². The van der Waals surface area contributed by atoms with Crippen molar-refractivity contribution in [3.05, 3.63) is 64.7 Å². The quantitative estimate of drug-likeness (QED) is 0.381. The number of hydrogen-bond donors (Lipinski definition) is 2. The highest BCUT2D eigenvalue weighted by Crippen LogP contribution is 2.29. The zero-order valence-corrected chi connectivity index (χ0v) is 21.3. The SMILES string of the molecule is CSCC(=O)Nc1c2c(nn1-c1ccc(C#N)cn1)CC(CCc1ccc(F)c(OCC(F)(F)F)c1)NC2=O. The van der Waals surface area contributed by atoms with Crippen molar-refractivity contribution in [3.8, 4) is 17.6 Å². The molecular formula is C25H22F4N6O3S. The molecule has 14 heteroatoms. The number of ether oxygens (including phenoxy) is 1. The summed E-state index contributed by atoms with van der Waals surface area (Å²) < 4.78 is 57.2. The van der Waals surface area contributed by atoms with Crippen LogP contribution in [0.5, 0.6) is 5.75 Å². The van der Waals surface area contributed by atoms with Gasteiger partial charge in [-0.3, -0.25) is 9.59 Å². The summed E-state index contributed by atoms with van der Waals surface area (Å²) in [5, 5.41) is 19.2. The number of pyridine rings is 1. The molecule has 1 atom stereocenters. The third kappa shape index (κ3) is 6.85. The Hall–Kier alpha value is -4.12. The number of nitrogens with zero attached hydrogens (tertiary/aromatic N) is 4. The lowest BCUT2D eigenvalue weighted by Gasteiger charge is -2.23. The van der Waals surface area contributed by atoms with Crippen molar-refractivity contribution >= 4 is 29.4 Å². The van der Waals surface area contributed by atoms with Gasteiger partial charge in [-0.05, 0) is 48.9 Å². The zero-order chi connectivity index (χ0) is 28.2. The molecule has 0 bridgehead atoms. The molecule has 0 spiro atoms. The minimum absolute atomic E-state index is 0.150. The maximum atomic E-state index is 13.9. The molecule has 3 heterocycles. The molecule has 0 saturated heterocycles. The van der Waals surface area contributed by atoms with Crippen molar-refractivity contribution in [1.29, 1.82) is 5.26 Å². The maximum absolute atomic E-state index is 13.9. The number of alkyl halides is 3. The summed E-state index contributed by atoms with van der Waals surface area (Å²) in [4.78, 5) is 29.7. The van der Waals surface area contributed by atoms with E-state index in [1.165, 1.54) is 40.8 Å². The first-order valence-electron chi connectivity index (χ1n) is 11.6. The number of halogens is 4. The van der Waals surface area contributed by atoms with Gasteiger partial charge in [-0.15, -0.1) is 0 Å². The normalized spacial score (nSPS) is 14.8. The van der Waals surface area contributed by atoms with E-state index in [2.05, 4.69) is 25.5 Å². The summed E-state index contributed by atoms with van der Waals surface area (Å²) in [5.41, 5.74) is 1.47. The number of aryl methyl sites for hydroxylation is 1. The lowest BCUT2D eigenvalue weighted by molar-refractivity contribution is -0.153. The Morgan fingerprint density at radius 2 is 2.13 bits per heavy atom. The van der Waals surface area contributed by atoms with E-state index in [1.54, 1.807) is 12.3 Å². The van der Waals surface area contributed by atoms with Crippen molar-refractivity contribution in [2.24, 2.45) is 0 Å². The summed E-state index contributed by atoms with van der Waals surface area (Å²) >= 11 is 1.31. The second kappa shape index (κ2) is 11.7. The summed E-state index contributed by atoms with van der Waals surface area (Å²) in [7, 11) is 0. The van der Waals surface area contributed by atoms with E-state index in [1.807, 2.05) is 6.07 Å². The summed E-state index contributed by atoms with van der Waals surface area (Å²) in [6.07, 6.45) is -0.491. The highest BCUT2D eigenvalue weighted by atomic mass is 32.2. The van der Waals surface area contributed by atoms with Gasteiger partial charge in [0.2, 0.25) is 5.91 Å². The molecule has 0 radical (unpaired) electrons. The Morgan fingerprint density at radius 1 is 1.33 bits per heavy atom. The number of carbonyl (C=O) groups excluding carboxylic acids is 2. The van der Waals surface area contributed by atoms with Gasteiger partial charge in [-0.25, -0.2) is 9.37 Å². The third-order valence-corrected chi connectivity index (χ3v) is 6.31. The number of thioether (sulfide) groups is 1. The topological polar surface area (TPSA) is 122 Å². The molecule has 4 rings (SSSR count). The van der Waals surface area contributed by atoms with Crippen LogP contribution < -0.4 is 15.4 Å². The Kier molecular flexibility index (Phi) is 8.39. The van der Waals surface area contributed by atoms with Gasteiger partial charge >= 0.3 is 6.18 Å². The van der Waals surface area contributed by atoms with E-state index in [0.29, 0.717) is 41.9 Å². The molecule has 0 aliphatic carbocycles. The molecule has 2 N–H and O–H groups in total. The van der Waals surface area contributed by atoms with E-state index in [9.17, 15) is 27.2 Å². The molecule has 1 aliphatic rings. The summed E-state index contributed by atoms with van der Waals surface area (Å²) in [6, 6.07) is 8.35. The van der Waals surface area contributed by atoms with Gasteiger partial charge < -0.3 is 15.4 Å². The molecule has 9 nitrogen and oxygen atoms in total. The van der Waals surface area contributed by atoms with Crippen LogP contribution in [-0.4, -0.2) is 57.4 Å². The van der Waals surface area contributed by atoms with Gasteiger partial charge in [0.15, 0.2) is 29.8 Å². The van der Waals surface area contributed by atoms with Crippen molar-refractivity contribution in [1.82, 2.24) is 20.1 Å². The fourth-order valence-electron chi connectivity index (χ4n) is 4.03. The first kappa shape index (κ1) is 27.9. The molecule has 1 aliphatic heterocycles. The molecule has 2 amide bonds. The smallest absolute Gasteiger partial charge is 0.422 e. The molecule has 1 aromatic carbocycles. The highest BCUT2D eigenvalue weighted by molar-refractivity contribution is 7.99. The lowest BCUT2D eigenvalue weighted by Crippen LogP contribution is -2.41. The molecule has 1 unspecified atom stereocenters. The third-order valence-electron chi connectivity index (χ3n) is 5.76. The molecular weight excluding hydrogens is 540 g/mol. The second-order valence-corrected chi connectivity index (χ2v) is 9.53. The minimum atomic E-state index is -4.60. The van der Waals surface area contributed by atoms with Crippen LogP contribution in [0.15, 0.2) is 36.5 Å². The predicted molar refractivity (Wildman–Crippen MR) is 134 cm³/mol. The Balaban J connectivity index is 1.54. The predicted octanol–water partition coefficient (Wildman–Crippen LogP) is 3.81. The molecule has 2 aromatic heterocycles. The number of aromatic nitrogens is 3. The first-order chi connectivity index (χ1) is 18.6. The van der Waals surface area contributed by atoms with Crippen molar-refractivity contribution in [2.45, 2.75) is 31.5 Å². The second-order valence-electron chi connectivity index (χ2n) is 8.66. The number of rotatable bonds is 9. The van der Waals surface area contributed by atoms with Crippen LogP contribution >= 0.6 is 11.8 Å². The molecule has 39 heavy (non-hydrogen) atoms. The van der Waals surface area contributed by atoms with Gasteiger partial charge in [-0.1, -0.05) is 6.07 Å². The average Bonchev–Trinajstić information content (AvgIpc) is 3.25. The van der Waals surface area contributed by atoms with Crippen LogP contribution in [-0.2, 0) is 17.6 Å². The van der Waals surface area contributed by atoms with Crippen LogP contribution in [0.4, 0.5) is 23.4 Å². The Bertz CT molecular complexity index is 1420. The van der Waals surface area contributed by atoms with Crippen LogP contribution in [0, 0.1) is 17.1 Å². The number of nitriles is 1. The van der Waals surface area contributed by atoms with Gasteiger partial charge in [0.1, 0.15) is 11.6 Å². The van der Waals surface area contributed by atoms with Gasteiger partial charge in [0, 0.05) is 18.7 Å². The average molecular weight is 563 g/mol. The van der Waals surface area contributed by atoms with E-state index in [0.717, 1.165) is 6.07 Å². The fraction of sp³-hybridized carbons (Fsp3) is 0.320. The van der Waals surface area contributed by atoms with Gasteiger partial charge in [0.05, 0.1) is 17.0 Å². The van der Waals surface area contributed by atoms with Crippen LogP contribution in [0.25, 0.3) is 5.82 Å². The standard InChI is InChI=1S/C25H22F4N6O3S/c1-39-12-21(36)33-23-22-18(34-35(23)20-7-4-15(10-30)11-31-20)9-16(32-24(22)37)5-2-14-3-6-17(26)19(8-14)38-13-25(27,28)29/h3-4,6-8,11,16H,2,5,9,12-13H2,1H3,(H,32,37)(H,33,36). The van der Waals surface area contributed by atoms with Crippen molar-refractivity contribution in [2.75, 3.05) is 23.9 Å². The molecule has 204 valence electrons. The molecule has 3 aromatic rings. The summed E-state index contributed by atoms with van der Waals surface area (Å²) in [6.45, 7) is -1.61. The monoisotopic (exact) mass is 562 g/mol. The summed E-state index contributed by atoms with van der Waals surface area (Å²) in [5.74, 6) is -1.61. The molecule has 0 saturated carbocycles. The highest BCUT2D eigenvalue weighted by Gasteiger charge is 2.33. The van der Waals surface area contributed by atoms with Gasteiger partial charge in [0.25, 0.3) is 5.91 Å². The first-order valence-corrected chi connectivity index (χ1v) is 13.0. The largest absolute Gasteiger partial charge is 0.481 e. The molecule has 0 fully saturated rings. The number of benzene rings is 1. The van der Waals surface area contributed by atoms with Crippen molar-refractivity contribution < 1.29 is 31.9 Å². The van der Waals surface area contributed by atoms with Crippen LogP contribution in [0.2, 0.25) is 0 Å². The fourth-order valence-corrected chi connectivity index (χ4v) is 4.37. The Morgan fingerprint density at radius 3 is 2.79 bits per heavy atom. The van der Waals surface area contributed by atoms with Crippen LogP contribution in [0.1, 0.15) is 33.6 Å². The number of carbonyl (C=O) groups is 2. The zero-order valence-electron chi connectivity index (χ0n) is 20.5. The number of amides is 2. The van der Waals surface area contributed by atoms with Crippen LogP contribution in [0.3, 0.4) is 0 Å². The Labute approximate surface area is 224 Å². The maximum Gasteiger partial charge on any atom is 0.422 e. The number of anilines is 1. The number of nitrogens with one attached hydrogen (secondary N) is 2. The number of hydrogen-bond acceptors (Lipinski definition) is 7. The number of fused-ring (bicyclic) bond motifs is 1. The van der Waals surface area contributed by atoms with Crippen molar-refractivity contribution in [3.63, 3.8) is 0 Å². The van der Waals surface area contributed by atoms with E-state index < -0.39 is 30.3 Å². The lowest BCUT2D eigenvalue weighted by atomic mass is 9.96. The minimum Gasteiger partial charge on any atom is -0.481 e. The van der Waals surface area contributed by atoms with Gasteiger partial charge in [-0.2, -0.15) is 40.0 Å². The van der Waals surface area contributed by atoms with E-state index in [-0.39, 0.29) is 29.1 Å². The van der Waals surface area contributed by atoms with E-state index >= 15 is 0 Å².